The molecular formula is C17H15N3O. The molecule has 0 aliphatic carbocycles. The number of hydrogen-bond acceptors (Lipinski definition) is 3. The Morgan fingerprint density at radius 3 is 2.76 bits per heavy atom. The number of carbonyl (C=O) groups is 1. The predicted molar refractivity (Wildman–Crippen MR) is 83.8 cm³/mol. The zero-order chi connectivity index (χ0) is 14.7. The van der Waals surface area contributed by atoms with Crippen LogP contribution in [-0.2, 0) is 6.54 Å². The Hall–Kier alpha value is -2.88. The number of pyridine rings is 1. The molecule has 0 fully saturated rings. The Morgan fingerprint density at radius 1 is 1.10 bits per heavy atom. The summed E-state index contributed by atoms with van der Waals surface area (Å²) in [6.45, 7) is 0.460. The van der Waals surface area contributed by atoms with Crippen molar-refractivity contribution in [1.29, 1.82) is 0 Å². The van der Waals surface area contributed by atoms with Crippen molar-refractivity contribution in [1.82, 2.24) is 10.3 Å². The highest BCUT2D eigenvalue weighted by Gasteiger charge is 2.09. The number of fused-ring (bicyclic) bond motifs is 1. The molecule has 0 radical (unpaired) electrons. The maximum Gasteiger partial charge on any atom is 0.253 e. The lowest BCUT2D eigenvalue weighted by Crippen LogP contribution is -2.24. The lowest BCUT2D eigenvalue weighted by atomic mass is 10.0. The van der Waals surface area contributed by atoms with E-state index in [0.29, 0.717) is 17.8 Å². The quantitative estimate of drug-likeness (QED) is 0.773. The Bertz CT molecular complexity index is 793. The van der Waals surface area contributed by atoms with Crippen LogP contribution in [-0.4, -0.2) is 10.9 Å². The number of rotatable bonds is 3. The van der Waals surface area contributed by atoms with Gasteiger partial charge in [-0.1, -0.05) is 42.5 Å². The van der Waals surface area contributed by atoms with E-state index in [1.54, 1.807) is 12.3 Å². The number of benzene rings is 2. The minimum atomic E-state index is -0.192. The molecule has 4 heteroatoms. The smallest absolute Gasteiger partial charge is 0.253 e. The summed E-state index contributed by atoms with van der Waals surface area (Å²) in [5, 5.41) is 5.20. The van der Waals surface area contributed by atoms with Crippen LogP contribution in [0.3, 0.4) is 0 Å². The van der Waals surface area contributed by atoms with Crippen molar-refractivity contribution in [2.24, 2.45) is 0 Å². The third kappa shape index (κ3) is 2.69. The van der Waals surface area contributed by atoms with E-state index in [9.17, 15) is 4.79 Å². The molecule has 4 nitrogen and oxygen atoms in total. The molecular weight excluding hydrogens is 262 g/mol. The normalized spacial score (nSPS) is 10.5. The van der Waals surface area contributed by atoms with Gasteiger partial charge >= 0.3 is 0 Å². The SMILES string of the molecule is Nc1cnccc1C(=O)NCc1cccc2ccccc12. The molecule has 0 bridgehead atoms. The largest absolute Gasteiger partial charge is 0.397 e. The Morgan fingerprint density at radius 2 is 1.90 bits per heavy atom. The molecule has 0 saturated heterocycles. The van der Waals surface area contributed by atoms with Crippen molar-refractivity contribution < 1.29 is 4.79 Å². The molecule has 0 atom stereocenters. The molecule has 3 rings (SSSR count). The van der Waals surface area contributed by atoms with Crippen molar-refractivity contribution in [3.63, 3.8) is 0 Å². The Balaban J connectivity index is 1.81. The number of aromatic nitrogens is 1. The van der Waals surface area contributed by atoms with E-state index in [2.05, 4.69) is 28.5 Å². The molecule has 0 spiro atoms. The first kappa shape index (κ1) is 13.1. The predicted octanol–water partition coefficient (Wildman–Crippen LogP) is 2.75. The lowest BCUT2D eigenvalue weighted by molar-refractivity contribution is 0.0952. The van der Waals surface area contributed by atoms with Crippen molar-refractivity contribution in [2.45, 2.75) is 6.54 Å². The van der Waals surface area contributed by atoms with Crippen molar-refractivity contribution in [3.8, 4) is 0 Å². The van der Waals surface area contributed by atoms with Crippen LogP contribution in [0, 0.1) is 0 Å². The van der Waals surface area contributed by atoms with E-state index in [1.807, 2.05) is 24.3 Å². The minimum absolute atomic E-state index is 0.192. The molecule has 1 aromatic heterocycles. The van der Waals surface area contributed by atoms with Gasteiger partial charge in [-0.15, -0.1) is 0 Å². The molecule has 1 amide bonds. The van der Waals surface area contributed by atoms with E-state index in [4.69, 9.17) is 5.73 Å². The van der Waals surface area contributed by atoms with Gasteiger partial charge < -0.3 is 11.1 Å². The molecule has 1 heterocycles. The van der Waals surface area contributed by atoms with Gasteiger partial charge in [-0.2, -0.15) is 0 Å². The monoisotopic (exact) mass is 277 g/mol. The number of hydrogen-bond donors (Lipinski definition) is 2. The molecule has 2 aromatic carbocycles. The number of nitrogens with one attached hydrogen (secondary N) is 1. The topological polar surface area (TPSA) is 68.0 Å². The highest BCUT2D eigenvalue weighted by Crippen LogP contribution is 2.18. The fourth-order valence-corrected chi connectivity index (χ4v) is 2.33. The summed E-state index contributed by atoms with van der Waals surface area (Å²) in [6.07, 6.45) is 3.04. The first-order valence-electron chi connectivity index (χ1n) is 6.70. The van der Waals surface area contributed by atoms with Crippen LogP contribution in [0.5, 0.6) is 0 Å². The zero-order valence-corrected chi connectivity index (χ0v) is 11.4. The standard InChI is InChI=1S/C17H15N3O/c18-16-11-19-9-8-15(16)17(21)20-10-13-6-3-5-12-4-1-2-7-14(12)13/h1-9,11H,10,18H2,(H,20,21). The molecule has 0 unspecified atom stereocenters. The van der Waals surface area contributed by atoms with E-state index in [1.165, 1.54) is 6.20 Å². The minimum Gasteiger partial charge on any atom is -0.397 e. The second-order valence-electron chi connectivity index (χ2n) is 4.78. The molecule has 0 aliphatic heterocycles. The fraction of sp³-hybridized carbons (Fsp3) is 0.0588. The second kappa shape index (κ2) is 5.63. The van der Waals surface area contributed by atoms with Crippen LogP contribution in [0.4, 0.5) is 5.69 Å². The lowest BCUT2D eigenvalue weighted by Gasteiger charge is -2.09. The van der Waals surface area contributed by atoms with Gasteiger partial charge in [-0.3, -0.25) is 9.78 Å². The molecule has 0 aliphatic rings. The second-order valence-corrected chi connectivity index (χ2v) is 4.78. The number of nitrogens with zero attached hydrogens (tertiary/aromatic N) is 1. The highest BCUT2D eigenvalue weighted by molar-refractivity contribution is 5.99. The van der Waals surface area contributed by atoms with Crippen molar-refractivity contribution in [2.75, 3.05) is 5.73 Å². The van der Waals surface area contributed by atoms with E-state index >= 15 is 0 Å². The summed E-state index contributed by atoms with van der Waals surface area (Å²) in [7, 11) is 0. The number of amides is 1. The van der Waals surface area contributed by atoms with Gasteiger partial charge in [0.15, 0.2) is 0 Å². The summed E-state index contributed by atoms with van der Waals surface area (Å²) >= 11 is 0. The molecule has 3 aromatic rings. The van der Waals surface area contributed by atoms with Crippen molar-refractivity contribution in [3.05, 3.63) is 72.1 Å². The van der Waals surface area contributed by atoms with E-state index < -0.39 is 0 Å². The molecule has 104 valence electrons. The zero-order valence-electron chi connectivity index (χ0n) is 11.4. The summed E-state index contributed by atoms with van der Waals surface area (Å²) in [5.41, 5.74) is 7.67. The Kier molecular flexibility index (Phi) is 3.51. The first-order chi connectivity index (χ1) is 10.3. The van der Waals surface area contributed by atoms with Gasteiger partial charge in [0, 0.05) is 12.7 Å². The number of nitrogen functional groups attached to an aromatic ring is 1. The Labute approximate surface area is 122 Å². The van der Waals surface area contributed by atoms with Crippen molar-refractivity contribution >= 4 is 22.4 Å². The van der Waals surface area contributed by atoms with Gasteiger partial charge in [-0.05, 0) is 22.4 Å². The number of nitrogens with two attached hydrogens (primary N) is 1. The molecule has 3 N–H and O–H groups in total. The summed E-state index contributed by atoms with van der Waals surface area (Å²) in [6, 6.07) is 15.8. The third-order valence-electron chi connectivity index (χ3n) is 3.42. The summed E-state index contributed by atoms with van der Waals surface area (Å²) in [5.74, 6) is -0.192. The van der Waals surface area contributed by atoms with Gasteiger partial charge in [0.25, 0.3) is 5.91 Å². The fourth-order valence-electron chi connectivity index (χ4n) is 2.33. The maximum atomic E-state index is 12.2. The number of anilines is 1. The van der Waals surface area contributed by atoms with Crippen LogP contribution < -0.4 is 11.1 Å². The van der Waals surface area contributed by atoms with Gasteiger partial charge in [0.05, 0.1) is 17.4 Å². The van der Waals surface area contributed by atoms with Crippen LogP contribution in [0.25, 0.3) is 10.8 Å². The van der Waals surface area contributed by atoms with Gasteiger partial charge in [0.1, 0.15) is 0 Å². The van der Waals surface area contributed by atoms with E-state index in [0.717, 1.165) is 16.3 Å². The van der Waals surface area contributed by atoms with Crippen LogP contribution >= 0.6 is 0 Å². The maximum absolute atomic E-state index is 12.2. The third-order valence-corrected chi connectivity index (χ3v) is 3.42. The molecule has 21 heavy (non-hydrogen) atoms. The molecule has 0 saturated carbocycles. The van der Waals surface area contributed by atoms with Crippen LogP contribution in [0.15, 0.2) is 60.9 Å². The summed E-state index contributed by atoms with van der Waals surface area (Å²) < 4.78 is 0. The number of carbonyl (C=O) groups excluding carboxylic acids is 1. The average molecular weight is 277 g/mol. The highest BCUT2D eigenvalue weighted by atomic mass is 16.1. The van der Waals surface area contributed by atoms with Gasteiger partial charge in [0.2, 0.25) is 0 Å². The van der Waals surface area contributed by atoms with Crippen LogP contribution in [0.2, 0.25) is 0 Å². The van der Waals surface area contributed by atoms with Gasteiger partial charge in [-0.25, -0.2) is 0 Å². The first-order valence-corrected chi connectivity index (χ1v) is 6.70. The average Bonchev–Trinajstić information content (AvgIpc) is 2.53. The van der Waals surface area contributed by atoms with E-state index in [-0.39, 0.29) is 5.91 Å². The van der Waals surface area contributed by atoms with Crippen LogP contribution in [0.1, 0.15) is 15.9 Å². The summed E-state index contributed by atoms with van der Waals surface area (Å²) in [4.78, 5) is 16.0.